The molecule has 1 aromatic carbocycles. The van der Waals surface area contributed by atoms with Crippen LogP contribution < -0.4 is 10.6 Å². The molecule has 0 bridgehead atoms. The molecular formula is C17H27Cl2N3O2. The maximum absolute atomic E-state index is 12.1. The zero-order chi connectivity index (χ0) is 15.4. The van der Waals surface area contributed by atoms with E-state index in [0.717, 1.165) is 26.1 Å². The fourth-order valence-corrected chi connectivity index (χ4v) is 3.13. The van der Waals surface area contributed by atoms with E-state index in [1.807, 2.05) is 0 Å². The van der Waals surface area contributed by atoms with E-state index in [1.165, 1.54) is 11.1 Å². The maximum Gasteiger partial charge on any atom is 0.239 e. The van der Waals surface area contributed by atoms with Gasteiger partial charge in [0.05, 0.1) is 13.2 Å². The SMILES string of the molecule is CC(CNC(=O)C1COCCN1)N1CCc2ccccc2C1.Cl.Cl. The molecule has 1 amide bonds. The van der Waals surface area contributed by atoms with Gasteiger partial charge in [-0.3, -0.25) is 9.69 Å². The Morgan fingerprint density at radius 1 is 1.38 bits per heavy atom. The molecule has 2 atom stereocenters. The number of morpholine rings is 1. The number of hydrogen-bond acceptors (Lipinski definition) is 4. The van der Waals surface area contributed by atoms with Gasteiger partial charge in [-0.1, -0.05) is 24.3 Å². The Balaban J connectivity index is 0.00000144. The molecule has 0 radical (unpaired) electrons. The zero-order valence-corrected chi connectivity index (χ0v) is 15.6. The molecule has 1 saturated heterocycles. The first-order chi connectivity index (χ1) is 10.7. The average molecular weight is 376 g/mol. The van der Waals surface area contributed by atoms with Crippen LogP contribution in [0.25, 0.3) is 0 Å². The highest BCUT2D eigenvalue weighted by atomic mass is 35.5. The smallest absolute Gasteiger partial charge is 0.239 e. The zero-order valence-electron chi connectivity index (χ0n) is 14.0. The number of carbonyl (C=O) groups is 1. The maximum atomic E-state index is 12.1. The molecule has 7 heteroatoms. The average Bonchev–Trinajstić information content (AvgIpc) is 2.59. The van der Waals surface area contributed by atoms with Gasteiger partial charge in [-0.25, -0.2) is 0 Å². The lowest BCUT2D eigenvalue weighted by Crippen LogP contribution is -2.53. The number of carbonyl (C=O) groups excluding carboxylic acids is 1. The number of halogens is 2. The molecule has 136 valence electrons. The second-order valence-electron chi connectivity index (χ2n) is 6.16. The molecule has 2 aliphatic rings. The van der Waals surface area contributed by atoms with Gasteiger partial charge < -0.3 is 15.4 Å². The van der Waals surface area contributed by atoms with Crippen molar-refractivity contribution in [3.63, 3.8) is 0 Å². The number of benzene rings is 1. The van der Waals surface area contributed by atoms with Gasteiger partial charge in [0.15, 0.2) is 0 Å². The monoisotopic (exact) mass is 375 g/mol. The van der Waals surface area contributed by atoms with Gasteiger partial charge in [0.1, 0.15) is 6.04 Å². The third-order valence-electron chi connectivity index (χ3n) is 4.59. The van der Waals surface area contributed by atoms with Gasteiger partial charge in [0, 0.05) is 32.2 Å². The molecule has 2 aliphatic heterocycles. The van der Waals surface area contributed by atoms with Crippen LogP contribution in [0.1, 0.15) is 18.1 Å². The highest BCUT2D eigenvalue weighted by Crippen LogP contribution is 2.19. The summed E-state index contributed by atoms with van der Waals surface area (Å²) in [6, 6.07) is 8.76. The molecule has 0 spiro atoms. The molecule has 0 saturated carbocycles. The topological polar surface area (TPSA) is 53.6 Å². The lowest BCUT2D eigenvalue weighted by molar-refractivity contribution is -0.126. The van der Waals surface area contributed by atoms with Crippen molar-refractivity contribution in [1.82, 2.24) is 15.5 Å². The number of fused-ring (bicyclic) bond motifs is 1. The van der Waals surface area contributed by atoms with Crippen LogP contribution in [0.2, 0.25) is 0 Å². The Morgan fingerprint density at radius 2 is 2.12 bits per heavy atom. The Labute approximate surface area is 156 Å². The first-order valence-electron chi connectivity index (χ1n) is 8.13. The lowest BCUT2D eigenvalue weighted by Gasteiger charge is -2.34. The summed E-state index contributed by atoms with van der Waals surface area (Å²) in [5, 5.41) is 6.23. The largest absolute Gasteiger partial charge is 0.378 e. The molecule has 3 rings (SSSR count). The van der Waals surface area contributed by atoms with Crippen molar-refractivity contribution in [3.8, 4) is 0 Å². The van der Waals surface area contributed by atoms with Gasteiger partial charge >= 0.3 is 0 Å². The van der Waals surface area contributed by atoms with Crippen molar-refractivity contribution >= 4 is 30.7 Å². The molecule has 1 aromatic rings. The van der Waals surface area contributed by atoms with Crippen LogP contribution in [-0.2, 0) is 22.5 Å². The first-order valence-corrected chi connectivity index (χ1v) is 8.13. The van der Waals surface area contributed by atoms with Gasteiger partial charge in [-0.05, 0) is 24.5 Å². The van der Waals surface area contributed by atoms with Crippen LogP contribution >= 0.6 is 24.8 Å². The van der Waals surface area contributed by atoms with Crippen LogP contribution in [0.3, 0.4) is 0 Å². The summed E-state index contributed by atoms with van der Waals surface area (Å²) in [5.74, 6) is 0.0453. The summed E-state index contributed by atoms with van der Waals surface area (Å²) in [4.78, 5) is 14.5. The van der Waals surface area contributed by atoms with Crippen molar-refractivity contribution in [1.29, 1.82) is 0 Å². The predicted octanol–water partition coefficient (Wildman–Crippen LogP) is 1.38. The van der Waals surface area contributed by atoms with Gasteiger partial charge in [-0.2, -0.15) is 0 Å². The van der Waals surface area contributed by atoms with Crippen molar-refractivity contribution in [3.05, 3.63) is 35.4 Å². The van der Waals surface area contributed by atoms with E-state index in [1.54, 1.807) is 0 Å². The second-order valence-corrected chi connectivity index (χ2v) is 6.16. The molecule has 24 heavy (non-hydrogen) atoms. The summed E-state index contributed by atoms with van der Waals surface area (Å²) in [6.45, 7) is 6.79. The minimum atomic E-state index is -0.206. The molecule has 2 unspecified atom stereocenters. The third-order valence-corrected chi connectivity index (χ3v) is 4.59. The Kier molecular flexibility index (Phi) is 9.02. The predicted molar refractivity (Wildman–Crippen MR) is 100 cm³/mol. The van der Waals surface area contributed by atoms with E-state index < -0.39 is 0 Å². The van der Waals surface area contributed by atoms with Crippen LogP contribution in [0.4, 0.5) is 0 Å². The Hall–Kier alpha value is -0.850. The number of nitrogens with zero attached hydrogens (tertiary/aromatic N) is 1. The lowest BCUT2D eigenvalue weighted by atomic mass is 9.99. The number of nitrogens with one attached hydrogen (secondary N) is 2. The van der Waals surface area contributed by atoms with Gasteiger partial charge in [0.2, 0.25) is 5.91 Å². The molecule has 2 heterocycles. The van der Waals surface area contributed by atoms with Crippen molar-refractivity contribution < 1.29 is 9.53 Å². The van der Waals surface area contributed by atoms with E-state index in [0.29, 0.717) is 25.8 Å². The van der Waals surface area contributed by atoms with Crippen LogP contribution in [0.15, 0.2) is 24.3 Å². The van der Waals surface area contributed by atoms with Crippen molar-refractivity contribution in [2.75, 3.05) is 32.8 Å². The minimum absolute atomic E-state index is 0. The number of hydrogen-bond donors (Lipinski definition) is 2. The highest BCUT2D eigenvalue weighted by molar-refractivity contribution is 5.85. The van der Waals surface area contributed by atoms with E-state index in [4.69, 9.17) is 4.74 Å². The molecule has 0 aliphatic carbocycles. The second kappa shape index (κ2) is 10.2. The number of rotatable bonds is 4. The van der Waals surface area contributed by atoms with E-state index >= 15 is 0 Å². The summed E-state index contributed by atoms with van der Waals surface area (Å²) < 4.78 is 5.33. The summed E-state index contributed by atoms with van der Waals surface area (Å²) in [6.07, 6.45) is 1.09. The van der Waals surface area contributed by atoms with Crippen LogP contribution in [0.5, 0.6) is 0 Å². The summed E-state index contributed by atoms with van der Waals surface area (Å²) in [5.41, 5.74) is 2.87. The molecule has 1 fully saturated rings. The van der Waals surface area contributed by atoms with E-state index in [9.17, 15) is 4.79 Å². The standard InChI is InChI=1S/C17H25N3O2.2ClH/c1-13(10-19-17(21)16-12-22-9-7-18-16)20-8-6-14-4-2-3-5-15(14)11-20;;/h2-5,13,16,18H,6-12H2,1H3,(H,19,21);2*1H. The molecular weight excluding hydrogens is 349 g/mol. The van der Waals surface area contributed by atoms with Gasteiger partial charge in [-0.15, -0.1) is 24.8 Å². The van der Waals surface area contributed by atoms with E-state index in [-0.39, 0.29) is 36.8 Å². The van der Waals surface area contributed by atoms with Crippen LogP contribution in [-0.4, -0.2) is 55.7 Å². The van der Waals surface area contributed by atoms with Gasteiger partial charge in [0.25, 0.3) is 0 Å². The molecule has 2 N–H and O–H groups in total. The van der Waals surface area contributed by atoms with Crippen molar-refractivity contribution in [2.24, 2.45) is 0 Å². The summed E-state index contributed by atoms with van der Waals surface area (Å²) >= 11 is 0. The first kappa shape index (κ1) is 21.2. The number of ether oxygens (including phenoxy) is 1. The Morgan fingerprint density at radius 3 is 2.83 bits per heavy atom. The van der Waals surface area contributed by atoms with Crippen molar-refractivity contribution in [2.45, 2.75) is 32.0 Å². The Bertz CT molecular complexity index is 524. The molecule has 0 aromatic heterocycles. The summed E-state index contributed by atoms with van der Waals surface area (Å²) in [7, 11) is 0. The van der Waals surface area contributed by atoms with Crippen LogP contribution in [0, 0.1) is 0 Å². The number of amides is 1. The minimum Gasteiger partial charge on any atom is -0.378 e. The quantitative estimate of drug-likeness (QED) is 0.834. The highest BCUT2D eigenvalue weighted by Gasteiger charge is 2.24. The van der Waals surface area contributed by atoms with E-state index in [2.05, 4.69) is 46.7 Å². The normalized spacial score (nSPS) is 21.6. The molecule has 5 nitrogen and oxygen atoms in total. The third kappa shape index (κ3) is 5.33. The fraction of sp³-hybridized carbons (Fsp3) is 0.588. The fourth-order valence-electron chi connectivity index (χ4n) is 3.13.